The van der Waals surface area contributed by atoms with Crippen LogP contribution in [-0.2, 0) is 0 Å². The first kappa shape index (κ1) is 13.4. The Kier molecular flexibility index (Phi) is 4.14. The van der Waals surface area contributed by atoms with E-state index in [9.17, 15) is 0 Å². The van der Waals surface area contributed by atoms with Crippen molar-refractivity contribution in [3.8, 4) is 0 Å². The maximum absolute atomic E-state index is 6.10. The average molecular weight is 238 g/mol. The monoisotopic (exact) mass is 238 g/mol. The van der Waals surface area contributed by atoms with Crippen molar-refractivity contribution in [1.29, 1.82) is 0 Å². The van der Waals surface area contributed by atoms with Gasteiger partial charge in [-0.1, -0.05) is 33.1 Å². The first-order valence-corrected chi connectivity index (χ1v) is 7.48. The van der Waals surface area contributed by atoms with Gasteiger partial charge in [0, 0.05) is 13.1 Å². The van der Waals surface area contributed by atoms with Gasteiger partial charge in [-0.3, -0.25) is 0 Å². The molecular weight excluding hydrogens is 208 g/mol. The number of hydrogen-bond donors (Lipinski definition) is 1. The fourth-order valence-electron chi connectivity index (χ4n) is 3.88. The third-order valence-electron chi connectivity index (χ3n) is 4.89. The molecule has 2 fully saturated rings. The molecule has 0 aromatic rings. The number of hydrogen-bond acceptors (Lipinski definition) is 2. The average Bonchev–Trinajstić information content (AvgIpc) is 2.29. The van der Waals surface area contributed by atoms with E-state index >= 15 is 0 Å². The van der Waals surface area contributed by atoms with Crippen molar-refractivity contribution in [2.45, 2.75) is 58.8 Å². The Labute approximate surface area is 107 Å². The van der Waals surface area contributed by atoms with Gasteiger partial charge in [0.2, 0.25) is 0 Å². The molecule has 0 aromatic heterocycles. The molecule has 1 aliphatic heterocycles. The molecule has 2 N–H and O–H groups in total. The van der Waals surface area contributed by atoms with Gasteiger partial charge < -0.3 is 10.6 Å². The van der Waals surface area contributed by atoms with Crippen LogP contribution in [0.15, 0.2) is 0 Å². The van der Waals surface area contributed by atoms with Crippen molar-refractivity contribution >= 4 is 0 Å². The third-order valence-corrected chi connectivity index (χ3v) is 4.89. The zero-order chi connectivity index (χ0) is 12.4. The molecule has 2 nitrogen and oxygen atoms in total. The second kappa shape index (κ2) is 5.27. The summed E-state index contributed by atoms with van der Waals surface area (Å²) in [5.74, 6) is 0. The van der Waals surface area contributed by atoms with E-state index in [2.05, 4.69) is 18.7 Å². The smallest absolute Gasteiger partial charge is 0.00503 e. The Morgan fingerprint density at radius 1 is 1.00 bits per heavy atom. The molecule has 1 heterocycles. The molecule has 2 aliphatic rings. The summed E-state index contributed by atoms with van der Waals surface area (Å²) in [5, 5.41) is 0. The lowest BCUT2D eigenvalue weighted by atomic mass is 9.73. The zero-order valence-corrected chi connectivity index (χ0v) is 11.8. The number of likely N-dealkylation sites (tertiary alicyclic amines) is 1. The Morgan fingerprint density at radius 2 is 1.71 bits per heavy atom. The van der Waals surface area contributed by atoms with Crippen LogP contribution in [0.2, 0.25) is 0 Å². The molecule has 2 heteroatoms. The first-order valence-electron chi connectivity index (χ1n) is 7.48. The van der Waals surface area contributed by atoms with E-state index in [0.717, 1.165) is 6.54 Å². The Balaban J connectivity index is 1.93. The highest BCUT2D eigenvalue weighted by Crippen LogP contribution is 2.38. The van der Waals surface area contributed by atoms with E-state index in [1.54, 1.807) is 0 Å². The van der Waals surface area contributed by atoms with Gasteiger partial charge in [0.1, 0.15) is 0 Å². The molecule has 2 rings (SSSR count). The van der Waals surface area contributed by atoms with Gasteiger partial charge >= 0.3 is 0 Å². The molecule has 17 heavy (non-hydrogen) atoms. The largest absolute Gasteiger partial charge is 0.330 e. The molecule has 1 saturated carbocycles. The lowest BCUT2D eigenvalue weighted by Gasteiger charge is -2.45. The van der Waals surface area contributed by atoms with E-state index in [1.807, 2.05) is 0 Å². The van der Waals surface area contributed by atoms with E-state index in [1.165, 1.54) is 64.6 Å². The maximum Gasteiger partial charge on any atom is 0.00503 e. The topological polar surface area (TPSA) is 29.3 Å². The highest BCUT2D eigenvalue weighted by Gasteiger charge is 2.35. The second-order valence-corrected chi connectivity index (χ2v) is 7.24. The molecule has 0 atom stereocenters. The standard InChI is InChI=1S/C15H30N2/c1-14(2)7-6-10-17(12-14)13-15(11-16)8-4-3-5-9-15/h3-13,16H2,1-2H3. The summed E-state index contributed by atoms with van der Waals surface area (Å²) in [6.45, 7) is 9.54. The van der Waals surface area contributed by atoms with E-state index in [4.69, 9.17) is 5.73 Å². The third kappa shape index (κ3) is 3.45. The van der Waals surface area contributed by atoms with E-state index in [-0.39, 0.29) is 0 Å². The maximum atomic E-state index is 6.10. The summed E-state index contributed by atoms with van der Waals surface area (Å²) in [4.78, 5) is 2.70. The van der Waals surface area contributed by atoms with E-state index < -0.39 is 0 Å². The highest BCUT2D eigenvalue weighted by molar-refractivity contribution is 4.89. The minimum atomic E-state index is 0.450. The number of nitrogens with zero attached hydrogens (tertiary/aromatic N) is 1. The lowest BCUT2D eigenvalue weighted by Crippen LogP contribution is -2.48. The fraction of sp³-hybridized carbons (Fsp3) is 1.00. The van der Waals surface area contributed by atoms with Crippen molar-refractivity contribution in [2.24, 2.45) is 16.6 Å². The molecule has 0 unspecified atom stereocenters. The van der Waals surface area contributed by atoms with Crippen LogP contribution in [0.5, 0.6) is 0 Å². The Hall–Kier alpha value is -0.0800. The minimum Gasteiger partial charge on any atom is -0.330 e. The molecule has 0 spiro atoms. The molecule has 0 aromatic carbocycles. The second-order valence-electron chi connectivity index (χ2n) is 7.24. The summed E-state index contributed by atoms with van der Waals surface area (Å²) in [7, 11) is 0. The molecule has 1 aliphatic carbocycles. The van der Waals surface area contributed by atoms with Crippen LogP contribution in [-0.4, -0.2) is 31.1 Å². The quantitative estimate of drug-likeness (QED) is 0.819. The van der Waals surface area contributed by atoms with Crippen molar-refractivity contribution in [2.75, 3.05) is 26.2 Å². The molecule has 0 amide bonds. The van der Waals surface area contributed by atoms with Crippen LogP contribution in [0, 0.1) is 10.8 Å². The molecule has 0 radical (unpaired) electrons. The van der Waals surface area contributed by atoms with E-state index in [0.29, 0.717) is 10.8 Å². The van der Waals surface area contributed by atoms with Crippen LogP contribution in [0.25, 0.3) is 0 Å². The predicted molar refractivity (Wildman–Crippen MR) is 74.0 cm³/mol. The first-order chi connectivity index (χ1) is 8.05. The van der Waals surface area contributed by atoms with Crippen molar-refractivity contribution in [1.82, 2.24) is 4.90 Å². The molecule has 100 valence electrons. The van der Waals surface area contributed by atoms with Crippen LogP contribution in [0.4, 0.5) is 0 Å². The Bertz CT molecular complexity index is 241. The van der Waals surface area contributed by atoms with Crippen molar-refractivity contribution in [3.63, 3.8) is 0 Å². The van der Waals surface area contributed by atoms with Crippen LogP contribution < -0.4 is 5.73 Å². The summed E-state index contributed by atoms with van der Waals surface area (Å²) in [6.07, 6.45) is 9.70. The molecule has 0 bridgehead atoms. The van der Waals surface area contributed by atoms with Crippen LogP contribution >= 0.6 is 0 Å². The van der Waals surface area contributed by atoms with Crippen molar-refractivity contribution in [3.05, 3.63) is 0 Å². The Morgan fingerprint density at radius 3 is 2.29 bits per heavy atom. The SMILES string of the molecule is CC1(C)CCCN(CC2(CN)CCCCC2)C1. The predicted octanol–water partition coefficient (Wildman–Crippen LogP) is 3.02. The molecule has 1 saturated heterocycles. The normalized spacial score (nSPS) is 29.1. The highest BCUT2D eigenvalue weighted by atomic mass is 15.1. The van der Waals surface area contributed by atoms with Gasteiger partial charge in [-0.15, -0.1) is 0 Å². The van der Waals surface area contributed by atoms with Crippen LogP contribution in [0.3, 0.4) is 0 Å². The number of nitrogens with two attached hydrogens (primary N) is 1. The summed E-state index contributed by atoms with van der Waals surface area (Å²) in [5.41, 5.74) is 7.06. The van der Waals surface area contributed by atoms with Crippen molar-refractivity contribution < 1.29 is 0 Å². The van der Waals surface area contributed by atoms with Gasteiger partial charge in [-0.05, 0) is 49.6 Å². The van der Waals surface area contributed by atoms with Gasteiger partial charge in [0.25, 0.3) is 0 Å². The summed E-state index contributed by atoms with van der Waals surface area (Å²) >= 11 is 0. The minimum absolute atomic E-state index is 0.450. The van der Waals surface area contributed by atoms with Crippen LogP contribution in [0.1, 0.15) is 58.8 Å². The number of piperidine rings is 1. The summed E-state index contributed by atoms with van der Waals surface area (Å²) in [6, 6.07) is 0. The fourth-order valence-corrected chi connectivity index (χ4v) is 3.88. The zero-order valence-electron chi connectivity index (χ0n) is 11.8. The van der Waals surface area contributed by atoms with Gasteiger partial charge in [0.05, 0.1) is 0 Å². The summed E-state index contributed by atoms with van der Waals surface area (Å²) < 4.78 is 0. The number of rotatable bonds is 3. The van der Waals surface area contributed by atoms with Gasteiger partial charge in [0.15, 0.2) is 0 Å². The molecular formula is C15H30N2. The van der Waals surface area contributed by atoms with Gasteiger partial charge in [-0.2, -0.15) is 0 Å². The van der Waals surface area contributed by atoms with Gasteiger partial charge in [-0.25, -0.2) is 0 Å². The lowest BCUT2D eigenvalue weighted by molar-refractivity contribution is 0.0533.